The second-order valence-corrected chi connectivity index (χ2v) is 8.48. The fourth-order valence-electron chi connectivity index (χ4n) is 4.57. The molecular weight excluding hydrogens is 412 g/mol. The van der Waals surface area contributed by atoms with E-state index in [-0.39, 0.29) is 11.4 Å². The molecule has 0 radical (unpaired) electrons. The van der Waals surface area contributed by atoms with Crippen LogP contribution in [0.5, 0.6) is 5.75 Å². The number of carbonyl (C=O) groups is 2. The molecule has 0 atom stereocenters. The predicted molar refractivity (Wildman–Crippen MR) is 117 cm³/mol. The van der Waals surface area contributed by atoms with E-state index in [9.17, 15) is 18.4 Å². The lowest BCUT2D eigenvalue weighted by atomic mass is 9.73. The fourth-order valence-corrected chi connectivity index (χ4v) is 4.57. The molecule has 1 spiro atoms. The molecule has 1 aliphatic carbocycles. The van der Waals surface area contributed by atoms with E-state index in [4.69, 9.17) is 4.74 Å². The summed E-state index contributed by atoms with van der Waals surface area (Å²) >= 11 is 0. The van der Waals surface area contributed by atoms with Crippen LogP contribution < -0.4 is 10.1 Å². The lowest BCUT2D eigenvalue weighted by Gasteiger charge is -2.44. The highest BCUT2D eigenvalue weighted by atomic mass is 19.1. The van der Waals surface area contributed by atoms with Gasteiger partial charge in [-0.2, -0.15) is 0 Å². The van der Waals surface area contributed by atoms with Crippen LogP contribution >= 0.6 is 0 Å². The van der Waals surface area contributed by atoms with Crippen LogP contribution in [0.15, 0.2) is 54.6 Å². The average molecular weight is 433 g/mol. The molecular formula is C26H21F2NO3. The number of hydrogen-bond donors (Lipinski definition) is 1. The molecule has 32 heavy (non-hydrogen) atoms. The lowest BCUT2D eigenvalue weighted by molar-refractivity contribution is -0.0178. The molecule has 0 unspecified atom stereocenters. The summed E-state index contributed by atoms with van der Waals surface area (Å²) < 4.78 is 33.9. The summed E-state index contributed by atoms with van der Waals surface area (Å²) in [6.07, 6.45) is 3.35. The summed E-state index contributed by atoms with van der Waals surface area (Å²) in [6.45, 7) is 1.91. The smallest absolute Gasteiger partial charge is 0.261 e. The van der Waals surface area contributed by atoms with Crippen molar-refractivity contribution < 1.29 is 23.1 Å². The Balaban J connectivity index is 1.39. The first kappa shape index (κ1) is 20.4. The van der Waals surface area contributed by atoms with E-state index in [1.807, 2.05) is 19.1 Å². The Morgan fingerprint density at radius 1 is 1.00 bits per heavy atom. The zero-order valence-corrected chi connectivity index (χ0v) is 17.5. The SMILES string of the molecule is Cc1c(-c2ccc(NC(=O)c3c(F)cccc3F)cc2)ccc2c1C(=O)CC1(CCC1)O2. The summed E-state index contributed by atoms with van der Waals surface area (Å²) in [4.78, 5) is 25.2. The number of rotatable bonds is 3. The zero-order valence-electron chi connectivity index (χ0n) is 17.5. The fraction of sp³-hybridized carbons (Fsp3) is 0.231. The highest BCUT2D eigenvalue weighted by molar-refractivity contribution is 6.05. The van der Waals surface area contributed by atoms with Gasteiger partial charge in [0.05, 0.1) is 12.0 Å². The number of nitrogens with one attached hydrogen (secondary N) is 1. The van der Waals surface area contributed by atoms with Gasteiger partial charge in [-0.05, 0) is 73.2 Å². The van der Waals surface area contributed by atoms with Crippen LogP contribution in [0, 0.1) is 18.6 Å². The first-order valence-corrected chi connectivity index (χ1v) is 10.6. The molecule has 1 saturated carbocycles. The Hall–Kier alpha value is -3.54. The summed E-state index contributed by atoms with van der Waals surface area (Å²) in [6, 6.07) is 14.0. The predicted octanol–water partition coefficient (Wildman–Crippen LogP) is 6.08. The largest absolute Gasteiger partial charge is 0.486 e. The maximum absolute atomic E-state index is 13.8. The number of anilines is 1. The quantitative estimate of drug-likeness (QED) is 0.545. The average Bonchev–Trinajstić information content (AvgIpc) is 2.73. The van der Waals surface area contributed by atoms with Gasteiger partial charge in [0.2, 0.25) is 0 Å². The number of ketones is 1. The summed E-state index contributed by atoms with van der Waals surface area (Å²) in [5.41, 5.74) is 2.71. The van der Waals surface area contributed by atoms with E-state index in [0.717, 1.165) is 48.1 Å². The molecule has 1 heterocycles. The number of amides is 1. The maximum Gasteiger partial charge on any atom is 0.261 e. The summed E-state index contributed by atoms with van der Waals surface area (Å²) in [7, 11) is 0. The molecule has 1 aliphatic heterocycles. The van der Waals surface area contributed by atoms with Crippen LogP contribution in [0.1, 0.15) is 52.0 Å². The molecule has 1 amide bonds. The van der Waals surface area contributed by atoms with Gasteiger partial charge in [-0.15, -0.1) is 0 Å². The second kappa shape index (κ2) is 7.55. The number of Topliss-reactive ketones (excluding diaryl/α,β-unsaturated/α-hetero) is 1. The Kier molecular flexibility index (Phi) is 4.81. The molecule has 6 heteroatoms. The van der Waals surface area contributed by atoms with Gasteiger partial charge in [0.25, 0.3) is 5.91 Å². The van der Waals surface area contributed by atoms with Crippen LogP contribution in [0.2, 0.25) is 0 Å². The molecule has 162 valence electrons. The van der Waals surface area contributed by atoms with Crippen molar-refractivity contribution in [2.24, 2.45) is 0 Å². The van der Waals surface area contributed by atoms with Gasteiger partial charge in [-0.1, -0.05) is 24.3 Å². The van der Waals surface area contributed by atoms with E-state index in [1.54, 1.807) is 24.3 Å². The minimum Gasteiger partial charge on any atom is -0.486 e. The number of fused-ring (bicyclic) bond motifs is 1. The summed E-state index contributed by atoms with van der Waals surface area (Å²) in [5, 5.41) is 2.52. The molecule has 0 saturated heterocycles. The van der Waals surface area contributed by atoms with Crippen LogP contribution in [0.3, 0.4) is 0 Å². The third-order valence-electron chi connectivity index (χ3n) is 6.42. The van der Waals surface area contributed by atoms with Crippen LogP contribution in [-0.2, 0) is 0 Å². The van der Waals surface area contributed by atoms with E-state index in [2.05, 4.69) is 5.32 Å². The zero-order chi connectivity index (χ0) is 22.5. The van der Waals surface area contributed by atoms with Crippen molar-refractivity contribution in [3.05, 3.63) is 82.9 Å². The molecule has 4 nitrogen and oxygen atoms in total. The summed E-state index contributed by atoms with van der Waals surface area (Å²) in [5.74, 6) is -1.93. The van der Waals surface area contributed by atoms with E-state index in [0.29, 0.717) is 23.4 Å². The topological polar surface area (TPSA) is 55.4 Å². The number of hydrogen-bond acceptors (Lipinski definition) is 3. The Morgan fingerprint density at radius 3 is 2.31 bits per heavy atom. The molecule has 2 aliphatic rings. The van der Waals surface area contributed by atoms with Crippen LogP contribution in [0.25, 0.3) is 11.1 Å². The molecule has 5 rings (SSSR count). The molecule has 1 N–H and O–H groups in total. The Morgan fingerprint density at radius 2 is 1.69 bits per heavy atom. The lowest BCUT2D eigenvalue weighted by Crippen LogP contribution is -2.47. The van der Waals surface area contributed by atoms with Gasteiger partial charge in [0.15, 0.2) is 5.78 Å². The maximum atomic E-state index is 13.8. The van der Waals surface area contributed by atoms with Gasteiger partial charge in [-0.3, -0.25) is 9.59 Å². The third kappa shape index (κ3) is 3.36. The van der Waals surface area contributed by atoms with Crippen molar-refractivity contribution >= 4 is 17.4 Å². The Bertz CT molecular complexity index is 1230. The van der Waals surface area contributed by atoms with Gasteiger partial charge >= 0.3 is 0 Å². The van der Waals surface area contributed by atoms with Gasteiger partial charge in [-0.25, -0.2) is 8.78 Å². The molecule has 3 aromatic carbocycles. The standard InChI is InChI=1S/C26H21F2NO3/c1-15-18(10-11-22-23(15)21(30)14-26(32-22)12-3-13-26)16-6-8-17(9-7-16)29-25(31)24-19(27)4-2-5-20(24)28/h2,4-11H,3,12-14H2,1H3,(H,29,31). The van der Waals surface area contributed by atoms with Gasteiger partial charge in [0, 0.05) is 5.69 Å². The highest BCUT2D eigenvalue weighted by Gasteiger charge is 2.45. The van der Waals surface area contributed by atoms with Crippen molar-refractivity contribution in [1.82, 2.24) is 0 Å². The van der Waals surface area contributed by atoms with Crippen molar-refractivity contribution in [3.8, 4) is 16.9 Å². The molecule has 3 aromatic rings. The van der Waals surface area contributed by atoms with Gasteiger partial charge in [0.1, 0.15) is 28.5 Å². The third-order valence-corrected chi connectivity index (χ3v) is 6.42. The molecule has 0 aromatic heterocycles. The number of halogens is 2. The van der Waals surface area contributed by atoms with E-state index < -0.39 is 23.1 Å². The Labute approximate surface area is 184 Å². The first-order valence-electron chi connectivity index (χ1n) is 10.6. The molecule has 0 bridgehead atoms. The van der Waals surface area contributed by atoms with Gasteiger partial charge < -0.3 is 10.1 Å². The second-order valence-electron chi connectivity index (χ2n) is 8.48. The van der Waals surface area contributed by atoms with Crippen molar-refractivity contribution in [2.75, 3.05) is 5.32 Å². The minimum atomic E-state index is -0.917. The monoisotopic (exact) mass is 433 g/mol. The van der Waals surface area contributed by atoms with E-state index >= 15 is 0 Å². The first-order chi connectivity index (χ1) is 15.4. The van der Waals surface area contributed by atoms with Crippen molar-refractivity contribution in [3.63, 3.8) is 0 Å². The number of benzene rings is 3. The normalized spacial score (nSPS) is 16.2. The molecule has 1 fully saturated rings. The van der Waals surface area contributed by atoms with E-state index in [1.165, 1.54) is 6.07 Å². The van der Waals surface area contributed by atoms with Crippen LogP contribution in [-0.4, -0.2) is 17.3 Å². The van der Waals surface area contributed by atoms with Crippen molar-refractivity contribution in [2.45, 2.75) is 38.2 Å². The highest BCUT2D eigenvalue weighted by Crippen LogP contribution is 2.46. The van der Waals surface area contributed by atoms with Crippen LogP contribution in [0.4, 0.5) is 14.5 Å². The number of carbonyl (C=O) groups excluding carboxylic acids is 2. The number of ether oxygens (including phenoxy) is 1. The minimum absolute atomic E-state index is 0.112. The van der Waals surface area contributed by atoms with Crippen molar-refractivity contribution in [1.29, 1.82) is 0 Å².